The smallest absolute Gasteiger partial charge is 0.269 e. The predicted molar refractivity (Wildman–Crippen MR) is 180 cm³/mol. The summed E-state index contributed by atoms with van der Waals surface area (Å²) in [4.78, 5) is 38.1. The molecule has 0 bridgehead atoms. The highest BCUT2D eigenvalue weighted by Gasteiger charge is 2.39. The lowest BCUT2D eigenvalue weighted by molar-refractivity contribution is -0.123. The molecule has 47 heavy (non-hydrogen) atoms. The van der Waals surface area contributed by atoms with Crippen molar-refractivity contribution >= 4 is 33.2 Å². The summed E-state index contributed by atoms with van der Waals surface area (Å²) in [5, 5.41) is 18.8. The second-order valence-electron chi connectivity index (χ2n) is 12.7. The number of hydrogen-bond donors (Lipinski definition) is 3. The van der Waals surface area contributed by atoms with Gasteiger partial charge in [0.05, 0.1) is 29.2 Å². The molecule has 3 aliphatic rings. The molecule has 0 spiro atoms. The highest BCUT2D eigenvalue weighted by atomic mass is 32.2. The minimum Gasteiger partial charge on any atom is -0.351 e. The summed E-state index contributed by atoms with van der Waals surface area (Å²) in [7, 11) is -3.58. The summed E-state index contributed by atoms with van der Waals surface area (Å²) in [6.45, 7) is 3.97. The van der Waals surface area contributed by atoms with E-state index in [4.69, 9.17) is 5.26 Å². The Kier molecular flexibility index (Phi) is 10.3. The molecule has 3 fully saturated rings. The molecule has 2 aromatic heterocycles. The molecule has 14 heteroatoms. The van der Waals surface area contributed by atoms with Gasteiger partial charge in [-0.3, -0.25) is 19.5 Å². The SMILES string of the molecule is CS(=O)(=O)N1C[C@H](NC(=O)[C@@H]2C[C@H](C#N)CN2)C[C@@H]1CNC(=O)c1ccc(-c2cnc(-c3ccc(CN4CCCCC4)cc3)s2)cn1. The molecule has 0 saturated carbocycles. The number of thiazole rings is 1. The molecule has 6 rings (SSSR count). The van der Waals surface area contributed by atoms with Crippen LogP contribution < -0.4 is 16.0 Å². The molecule has 4 atom stereocenters. The second-order valence-corrected chi connectivity index (χ2v) is 15.6. The normalized spacial score (nSPS) is 23.7. The number of rotatable bonds is 10. The number of nitrogens with zero attached hydrogens (tertiary/aromatic N) is 5. The van der Waals surface area contributed by atoms with E-state index >= 15 is 0 Å². The lowest BCUT2D eigenvalue weighted by atomic mass is 10.1. The van der Waals surface area contributed by atoms with Gasteiger partial charge in [0, 0.05) is 61.8 Å². The average molecular weight is 677 g/mol. The standard InChI is InChI=1S/C33H40N8O4S2/c1-47(44,45)41-21-26(39-32(43)29-13-23(15-34)16-35-29)14-27(41)18-37-31(42)28-10-9-25(17-36-28)30-19-38-33(46-30)24-7-5-22(6-8-24)20-40-11-3-2-4-12-40/h5-10,17,19,23,26-27,29,35H,2-4,11-14,16,18,20-21H2,1H3,(H,37,42)(H,39,43)/t23-,26-,27-,29+/m1/s1. The number of nitrogens with one attached hydrogen (secondary N) is 3. The van der Waals surface area contributed by atoms with Crippen LogP contribution in [0.2, 0.25) is 0 Å². The van der Waals surface area contributed by atoms with Crippen LogP contribution in [0.15, 0.2) is 48.8 Å². The quantitative estimate of drug-likeness (QED) is 0.293. The van der Waals surface area contributed by atoms with Crippen molar-refractivity contribution in [1.29, 1.82) is 5.26 Å². The van der Waals surface area contributed by atoms with Gasteiger partial charge in [0.2, 0.25) is 15.9 Å². The number of amides is 2. The zero-order valence-corrected chi connectivity index (χ0v) is 28.0. The van der Waals surface area contributed by atoms with Gasteiger partial charge in [0.1, 0.15) is 10.7 Å². The fourth-order valence-electron chi connectivity index (χ4n) is 6.56. The summed E-state index contributed by atoms with van der Waals surface area (Å²) >= 11 is 1.57. The number of aromatic nitrogens is 2. The Balaban J connectivity index is 1.02. The summed E-state index contributed by atoms with van der Waals surface area (Å²) in [6.07, 6.45) is 9.25. The summed E-state index contributed by atoms with van der Waals surface area (Å²) in [5.41, 5.74) is 3.44. The van der Waals surface area contributed by atoms with E-state index < -0.39 is 34.1 Å². The van der Waals surface area contributed by atoms with Gasteiger partial charge in [-0.05, 0) is 56.5 Å². The summed E-state index contributed by atoms with van der Waals surface area (Å²) in [6, 6.07) is 12.9. The van der Waals surface area contributed by atoms with Gasteiger partial charge < -0.3 is 16.0 Å². The topological polar surface area (TPSA) is 160 Å². The van der Waals surface area contributed by atoms with Gasteiger partial charge in [-0.1, -0.05) is 30.7 Å². The van der Waals surface area contributed by atoms with E-state index in [0.717, 1.165) is 33.8 Å². The van der Waals surface area contributed by atoms with Crippen LogP contribution in [0.1, 0.15) is 48.2 Å². The van der Waals surface area contributed by atoms with Crippen molar-refractivity contribution in [2.75, 3.05) is 39.0 Å². The lowest BCUT2D eigenvalue weighted by Crippen LogP contribution is -2.46. The summed E-state index contributed by atoms with van der Waals surface area (Å²) in [5.74, 6) is -0.877. The fraction of sp³-hybridized carbons (Fsp3) is 0.485. The van der Waals surface area contributed by atoms with Gasteiger partial charge in [-0.15, -0.1) is 11.3 Å². The Bertz CT molecular complexity index is 1720. The van der Waals surface area contributed by atoms with Crippen LogP contribution in [0, 0.1) is 17.2 Å². The molecule has 248 valence electrons. The number of benzene rings is 1. The van der Waals surface area contributed by atoms with Gasteiger partial charge in [0.15, 0.2) is 0 Å². The zero-order valence-electron chi connectivity index (χ0n) is 26.4. The number of piperidine rings is 1. The molecule has 2 amide bonds. The maximum atomic E-state index is 13.0. The molecule has 3 aromatic rings. The van der Waals surface area contributed by atoms with Crippen molar-refractivity contribution in [1.82, 2.24) is 35.1 Å². The minimum atomic E-state index is -3.58. The molecular weight excluding hydrogens is 637 g/mol. The third-order valence-electron chi connectivity index (χ3n) is 9.11. The number of nitriles is 1. The van der Waals surface area contributed by atoms with E-state index in [-0.39, 0.29) is 30.6 Å². The number of likely N-dealkylation sites (tertiary alicyclic amines) is 1. The first kappa shape index (κ1) is 33.2. The Hall–Kier alpha value is -3.74. The third kappa shape index (κ3) is 8.22. The minimum absolute atomic E-state index is 0.0783. The predicted octanol–water partition coefficient (Wildman–Crippen LogP) is 2.61. The van der Waals surface area contributed by atoms with Crippen molar-refractivity contribution in [3.05, 3.63) is 60.0 Å². The molecule has 3 N–H and O–H groups in total. The molecule has 0 unspecified atom stereocenters. The average Bonchev–Trinajstić information content (AvgIpc) is 3.85. The monoisotopic (exact) mass is 676 g/mol. The molecule has 3 saturated heterocycles. The Morgan fingerprint density at radius 1 is 1.04 bits per heavy atom. The number of pyridine rings is 1. The Morgan fingerprint density at radius 3 is 2.49 bits per heavy atom. The van der Waals surface area contributed by atoms with Crippen LogP contribution in [-0.4, -0.2) is 96.5 Å². The van der Waals surface area contributed by atoms with Gasteiger partial charge in [-0.25, -0.2) is 13.4 Å². The first-order valence-corrected chi connectivity index (χ1v) is 18.7. The summed E-state index contributed by atoms with van der Waals surface area (Å²) < 4.78 is 26.3. The molecule has 5 heterocycles. The van der Waals surface area contributed by atoms with E-state index in [0.29, 0.717) is 19.4 Å². The van der Waals surface area contributed by atoms with Crippen molar-refractivity contribution in [3.8, 4) is 27.1 Å². The highest BCUT2D eigenvalue weighted by Crippen LogP contribution is 2.32. The second kappa shape index (κ2) is 14.6. The van der Waals surface area contributed by atoms with E-state index in [9.17, 15) is 18.0 Å². The van der Waals surface area contributed by atoms with E-state index in [1.807, 2.05) is 12.3 Å². The van der Waals surface area contributed by atoms with Crippen molar-refractivity contribution in [3.63, 3.8) is 0 Å². The fourth-order valence-corrected chi connectivity index (χ4v) is 8.63. The van der Waals surface area contributed by atoms with Crippen molar-refractivity contribution in [2.45, 2.75) is 56.8 Å². The molecule has 0 aliphatic carbocycles. The maximum Gasteiger partial charge on any atom is 0.269 e. The number of carbonyl (C=O) groups excluding carboxylic acids is 2. The van der Waals surface area contributed by atoms with Gasteiger partial charge >= 0.3 is 0 Å². The molecule has 1 aromatic carbocycles. The van der Waals surface area contributed by atoms with Crippen molar-refractivity contribution in [2.24, 2.45) is 5.92 Å². The molecule has 12 nitrogen and oxygen atoms in total. The van der Waals surface area contributed by atoms with Crippen LogP contribution in [0.5, 0.6) is 0 Å². The third-order valence-corrected chi connectivity index (χ3v) is 11.5. The van der Waals surface area contributed by atoms with E-state index in [1.54, 1.807) is 23.6 Å². The van der Waals surface area contributed by atoms with Crippen LogP contribution in [0.4, 0.5) is 0 Å². The van der Waals surface area contributed by atoms with Crippen molar-refractivity contribution < 1.29 is 18.0 Å². The van der Waals surface area contributed by atoms with Crippen LogP contribution in [-0.2, 0) is 21.4 Å². The van der Waals surface area contributed by atoms with E-state index in [1.165, 1.54) is 42.2 Å². The van der Waals surface area contributed by atoms with Crippen LogP contribution >= 0.6 is 11.3 Å². The molecule has 3 aliphatic heterocycles. The highest BCUT2D eigenvalue weighted by molar-refractivity contribution is 7.88. The van der Waals surface area contributed by atoms with Gasteiger partial charge in [-0.2, -0.15) is 9.57 Å². The lowest BCUT2D eigenvalue weighted by Gasteiger charge is -2.26. The Morgan fingerprint density at radius 2 is 1.81 bits per heavy atom. The number of hydrogen-bond acceptors (Lipinski definition) is 10. The van der Waals surface area contributed by atoms with Crippen LogP contribution in [0.3, 0.4) is 0 Å². The van der Waals surface area contributed by atoms with Gasteiger partial charge in [0.25, 0.3) is 5.91 Å². The number of sulfonamides is 1. The van der Waals surface area contributed by atoms with E-state index in [2.05, 4.69) is 61.2 Å². The first-order valence-electron chi connectivity index (χ1n) is 16.1. The maximum absolute atomic E-state index is 13.0. The Labute approximate surface area is 279 Å². The zero-order chi connectivity index (χ0) is 33.0. The van der Waals surface area contributed by atoms with Crippen LogP contribution in [0.25, 0.3) is 21.0 Å². The molecule has 0 radical (unpaired) electrons. The number of carbonyl (C=O) groups is 2. The first-order chi connectivity index (χ1) is 22.7. The largest absolute Gasteiger partial charge is 0.351 e. The molecular formula is C33H40N8O4S2.